The zero-order valence-electron chi connectivity index (χ0n) is 11.1. The van der Waals surface area contributed by atoms with Crippen molar-refractivity contribution in [1.82, 2.24) is 4.98 Å². The molecule has 0 radical (unpaired) electrons. The number of nitrogens with zero attached hydrogens (tertiary/aromatic N) is 1. The van der Waals surface area contributed by atoms with Crippen molar-refractivity contribution in [3.05, 3.63) is 62.1 Å². The van der Waals surface area contributed by atoms with Gasteiger partial charge in [0, 0.05) is 34.7 Å². The molecule has 0 unspecified atom stereocenters. The first-order valence-electron chi connectivity index (χ1n) is 6.57. The van der Waals surface area contributed by atoms with Crippen LogP contribution in [0.1, 0.15) is 0 Å². The highest BCUT2D eigenvalue weighted by atomic mass is 79.9. The zero-order valence-corrected chi connectivity index (χ0v) is 16.7. The fraction of sp³-hybridized carbons (Fsp3) is 0. The van der Waals surface area contributed by atoms with Gasteiger partial charge in [0.2, 0.25) is 0 Å². The summed E-state index contributed by atoms with van der Waals surface area (Å²) in [6.07, 6.45) is 0. The summed E-state index contributed by atoms with van der Waals surface area (Å²) in [5.74, 6) is 0. The lowest BCUT2D eigenvalue weighted by molar-refractivity contribution is 1.27. The number of rotatable bonds is 1. The predicted octanol–water partition coefficient (Wildman–Crippen LogP) is 7.40. The van der Waals surface area contributed by atoms with E-state index in [1.54, 1.807) is 0 Å². The van der Waals surface area contributed by atoms with Crippen LogP contribution in [0.2, 0.25) is 0 Å². The minimum atomic E-state index is 0.821. The minimum absolute atomic E-state index is 0.821. The van der Waals surface area contributed by atoms with Crippen molar-refractivity contribution in [2.75, 3.05) is 0 Å². The van der Waals surface area contributed by atoms with Crippen LogP contribution in [0.4, 0.5) is 0 Å². The Balaban J connectivity index is 2.14. The molecule has 2 heterocycles. The Morgan fingerprint density at radius 3 is 2.50 bits per heavy atom. The topological polar surface area (TPSA) is 12.9 Å². The Kier molecular flexibility index (Phi) is 3.85. The van der Waals surface area contributed by atoms with E-state index in [2.05, 4.69) is 95.2 Å². The summed E-state index contributed by atoms with van der Waals surface area (Å²) in [5, 5.41) is 2.57. The maximum Gasteiger partial charge on any atom is 0.107 e. The van der Waals surface area contributed by atoms with Crippen molar-refractivity contribution < 1.29 is 0 Å². The van der Waals surface area contributed by atoms with Gasteiger partial charge in [-0.15, -0.1) is 11.3 Å². The normalized spacial score (nSPS) is 11.4. The van der Waals surface area contributed by atoms with Gasteiger partial charge in [0.1, 0.15) is 4.60 Å². The highest BCUT2D eigenvalue weighted by Crippen LogP contribution is 2.43. The molecule has 0 fully saturated rings. The van der Waals surface area contributed by atoms with E-state index >= 15 is 0 Å². The van der Waals surface area contributed by atoms with Crippen LogP contribution in [0, 0.1) is 0 Å². The van der Waals surface area contributed by atoms with Crippen LogP contribution in [0.3, 0.4) is 0 Å². The van der Waals surface area contributed by atoms with Crippen LogP contribution in [0.15, 0.2) is 62.1 Å². The third-order valence-corrected chi connectivity index (χ3v) is 6.24. The van der Waals surface area contributed by atoms with Crippen molar-refractivity contribution in [3.8, 4) is 11.3 Å². The number of halogens is 3. The van der Waals surface area contributed by atoms with E-state index in [1.807, 2.05) is 17.4 Å². The first kappa shape index (κ1) is 14.8. The van der Waals surface area contributed by atoms with Crippen LogP contribution in [0.25, 0.3) is 31.4 Å². The molecule has 0 amide bonds. The van der Waals surface area contributed by atoms with Gasteiger partial charge in [0.05, 0.1) is 5.69 Å². The first-order chi connectivity index (χ1) is 10.6. The van der Waals surface area contributed by atoms with Gasteiger partial charge in [-0.3, -0.25) is 0 Å². The molecule has 108 valence electrons. The Morgan fingerprint density at radius 2 is 1.68 bits per heavy atom. The molecule has 0 atom stereocenters. The van der Waals surface area contributed by atoms with Crippen LogP contribution in [-0.2, 0) is 0 Å². The van der Waals surface area contributed by atoms with Gasteiger partial charge in [-0.05, 0) is 40.2 Å². The summed E-state index contributed by atoms with van der Waals surface area (Å²) in [6, 6.07) is 16.8. The summed E-state index contributed by atoms with van der Waals surface area (Å²) in [6.45, 7) is 0. The zero-order chi connectivity index (χ0) is 15.3. The van der Waals surface area contributed by atoms with E-state index in [0.717, 1.165) is 24.8 Å². The number of fused-ring (bicyclic) bond motifs is 3. The maximum absolute atomic E-state index is 4.65. The average molecular weight is 498 g/mol. The molecule has 4 rings (SSSR count). The molecule has 5 heteroatoms. The SMILES string of the molecule is Brc1cc(Br)nc(-c2c(Br)ccc3c2sc2ccccc23)c1. The molecular weight excluding hydrogens is 490 g/mol. The molecule has 4 aromatic rings. The molecule has 0 spiro atoms. The van der Waals surface area contributed by atoms with Gasteiger partial charge in [0.15, 0.2) is 0 Å². The number of thiophene rings is 1. The van der Waals surface area contributed by atoms with Crippen molar-refractivity contribution in [2.24, 2.45) is 0 Å². The van der Waals surface area contributed by atoms with Gasteiger partial charge < -0.3 is 0 Å². The standard InChI is InChI=1S/C17H8Br3NS/c18-9-7-13(21-15(20)8-9)16-12(19)6-5-11-10-3-1-2-4-14(10)22-17(11)16/h1-8H. The average Bonchev–Trinajstić information content (AvgIpc) is 2.84. The Morgan fingerprint density at radius 1 is 0.864 bits per heavy atom. The molecule has 0 saturated carbocycles. The van der Waals surface area contributed by atoms with E-state index in [4.69, 9.17) is 0 Å². The van der Waals surface area contributed by atoms with Gasteiger partial charge in [0.25, 0.3) is 0 Å². The fourth-order valence-corrected chi connectivity index (χ4v) is 5.70. The summed E-state index contributed by atoms with van der Waals surface area (Å²) >= 11 is 12.5. The van der Waals surface area contributed by atoms with Gasteiger partial charge in [-0.1, -0.05) is 56.1 Å². The summed E-state index contributed by atoms with van der Waals surface area (Å²) < 4.78 is 5.44. The van der Waals surface area contributed by atoms with Crippen LogP contribution in [0.5, 0.6) is 0 Å². The van der Waals surface area contributed by atoms with E-state index in [0.29, 0.717) is 0 Å². The summed E-state index contributed by atoms with van der Waals surface area (Å²) in [7, 11) is 0. The number of pyridine rings is 1. The lowest BCUT2D eigenvalue weighted by atomic mass is 10.1. The van der Waals surface area contributed by atoms with Gasteiger partial charge >= 0.3 is 0 Å². The van der Waals surface area contributed by atoms with Crippen LogP contribution >= 0.6 is 59.1 Å². The second-order valence-corrected chi connectivity index (χ2v) is 8.53. The summed E-state index contributed by atoms with van der Waals surface area (Å²) in [4.78, 5) is 4.65. The van der Waals surface area contributed by atoms with Crippen molar-refractivity contribution in [2.45, 2.75) is 0 Å². The monoisotopic (exact) mass is 495 g/mol. The van der Waals surface area contributed by atoms with Crippen molar-refractivity contribution in [3.63, 3.8) is 0 Å². The molecule has 0 saturated heterocycles. The van der Waals surface area contributed by atoms with E-state index in [9.17, 15) is 0 Å². The lowest BCUT2D eigenvalue weighted by Gasteiger charge is -2.07. The van der Waals surface area contributed by atoms with Crippen molar-refractivity contribution in [1.29, 1.82) is 0 Å². The number of benzene rings is 2. The second-order valence-electron chi connectivity index (χ2n) is 4.89. The largest absolute Gasteiger partial charge is 0.241 e. The summed E-state index contributed by atoms with van der Waals surface area (Å²) in [5.41, 5.74) is 2.09. The molecule has 1 nitrogen and oxygen atoms in total. The number of aromatic nitrogens is 1. The molecule has 0 aliphatic carbocycles. The lowest BCUT2D eigenvalue weighted by Crippen LogP contribution is -1.87. The molecule has 0 aliphatic heterocycles. The molecule has 2 aromatic carbocycles. The van der Waals surface area contributed by atoms with E-state index in [-0.39, 0.29) is 0 Å². The molecule has 0 aliphatic rings. The molecule has 0 N–H and O–H groups in total. The minimum Gasteiger partial charge on any atom is -0.241 e. The van der Waals surface area contributed by atoms with E-state index in [1.165, 1.54) is 20.2 Å². The van der Waals surface area contributed by atoms with Gasteiger partial charge in [-0.2, -0.15) is 0 Å². The van der Waals surface area contributed by atoms with Crippen molar-refractivity contribution >= 4 is 79.3 Å². The van der Waals surface area contributed by atoms with Crippen LogP contribution < -0.4 is 0 Å². The highest BCUT2D eigenvalue weighted by molar-refractivity contribution is 9.11. The quantitative estimate of drug-likeness (QED) is 0.250. The first-order valence-corrected chi connectivity index (χ1v) is 9.76. The molecule has 0 bridgehead atoms. The number of hydrogen-bond acceptors (Lipinski definition) is 2. The third kappa shape index (κ3) is 2.44. The maximum atomic E-state index is 4.65. The highest BCUT2D eigenvalue weighted by Gasteiger charge is 2.15. The van der Waals surface area contributed by atoms with Crippen LogP contribution in [-0.4, -0.2) is 4.98 Å². The number of hydrogen-bond donors (Lipinski definition) is 0. The Bertz CT molecular complexity index is 1000. The molecule has 2 aromatic heterocycles. The Hall–Kier alpha value is -0.750. The molecular formula is C17H8Br3NS. The van der Waals surface area contributed by atoms with E-state index < -0.39 is 0 Å². The fourth-order valence-electron chi connectivity index (χ4n) is 2.60. The Labute approximate surface area is 156 Å². The molecule has 22 heavy (non-hydrogen) atoms. The van der Waals surface area contributed by atoms with Gasteiger partial charge in [-0.25, -0.2) is 4.98 Å². The predicted molar refractivity (Wildman–Crippen MR) is 106 cm³/mol. The smallest absolute Gasteiger partial charge is 0.107 e. The third-order valence-electron chi connectivity index (χ3n) is 3.51. The second kappa shape index (κ2) is 5.71.